The fourth-order valence-corrected chi connectivity index (χ4v) is 3.51. The Kier molecular flexibility index (Phi) is 5.34. The van der Waals surface area contributed by atoms with Gasteiger partial charge in [-0.3, -0.25) is 4.79 Å². The molecule has 7 nitrogen and oxygen atoms in total. The molecule has 1 saturated heterocycles. The molecule has 7 heteroatoms. The van der Waals surface area contributed by atoms with Gasteiger partial charge in [0, 0.05) is 55.9 Å². The summed E-state index contributed by atoms with van der Waals surface area (Å²) in [6.45, 7) is 7.69. The molecule has 0 bridgehead atoms. The van der Waals surface area contributed by atoms with Gasteiger partial charge in [0.2, 0.25) is 0 Å². The molecule has 0 spiro atoms. The van der Waals surface area contributed by atoms with Gasteiger partial charge in [-0.15, -0.1) is 0 Å². The van der Waals surface area contributed by atoms with Crippen LogP contribution < -0.4 is 21.3 Å². The Morgan fingerprint density at radius 2 is 1.89 bits per heavy atom. The summed E-state index contributed by atoms with van der Waals surface area (Å²) in [5.74, 6) is 0.229. The van der Waals surface area contributed by atoms with Crippen LogP contribution in [0.4, 0.5) is 22.9 Å². The Balaban J connectivity index is 1.43. The van der Waals surface area contributed by atoms with Gasteiger partial charge in [-0.25, -0.2) is 4.98 Å². The summed E-state index contributed by atoms with van der Waals surface area (Å²) in [4.78, 5) is 20.9. The summed E-state index contributed by atoms with van der Waals surface area (Å²) in [5, 5.41) is 6.68. The Bertz CT molecular complexity index is 825. The van der Waals surface area contributed by atoms with Gasteiger partial charge >= 0.3 is 0 Å². The molecule has 2 aromatic rings. The number of anilines is 4. The molecule has 2 fully saturated rings. The number of nitrogens with zero attached hydrogens (tertiary/aromatic N) is 3. The molecule has 2 heterocycles. The molecule has 1 saturated carbocycles. The van der Waals surface area contributed by atoms with Crippen LogP contribution in [0.5, 0.6) is 0 Å². The number of nitrogens with one attached hydrogen (secondary N) is 2. The van der Waals surface area contributed by atoms with E-state index in [4.69, 9.17) is 5.73 Å². The average molecular weight is 380 g/mol. The van der Waals surface area contributed by atoms with Crippen molar-refractivity contribution in [3.05, 3.63) is 42.1 Å². The van der Waals surface area contributed by atoms with E-state index in [-0.39, 0.29) is 0 Å². The van der Waals surface area contributed by atoms with Gasteiger partial charge in [-0.1, -0.05) is 6.92 Å². The highest BCUT2D eigenvalue weighted by Gasteiger charge is 2.23. The summed E-state index contributed by atoms with van der Waals surface area (Å²) in [6.07, 6.45) is 3.78. The SMILES string of the molecule is CCN1CCN(c2ccc(Nc3cc(NC4CC4)c(C(N)=O)cn3)cc2)CC1. The van der Waals surface area contributed by atoms with Crippen LogP contribution in [-0.4, -0.2) is 54.6 Å². The van der Waals surface area contributed by atoms with Crippen molar-refractivity contribution in [1.29, 1.82) is 0 Å². The molecular formula is C21H28N6O. The van der Waals surface area contributed by atoms with Crippen LogP contribution in [0.2, 0.25) is 0 Å². The molecule has 0 unspecified atom stereocenters. The lowest BCUT2D eigenvalue weighted by molar-refractivity contribution is 0.100. The van der Waals surface area contributed by atoms with Crippen LogP contribution in [0.3, 0.4) is 0 Å². The third kappa shape index (κ3) is 4.36. The maximum absolute atomic E-state index is 11.6. The number of carbonyl (C=O) groups is 1. The highest BCUT2D eigenvalue weighted by molar-refractivity contribution is 5.98. The number of hydrogen-bond acceptors (Lipinski definition) is 6. The maximum Gasteiger partial charge on any atom is 0.252 e. The third-order valence-corrected chi connectivity index (χ3v) is 5.43. The molecular weight excluding hydrogens is 352 g/mol. The second-order valence-electron chi connectivity index (χ2n) is 7.49. The number of pyridine rings is 1. The number of primary amides is 1. The van der Waals surface area contributed by atoms with E-state index in [2.05, 4.69) is 56.6 Å². The first-order chi connectivity index (χ1) is 13.6. The van der Waals surface area contributed by atoms with Crippen molar-refractivity contribution in [3.63, 3.8) is 0 Å². The monoisotopic (exact) mass is 380 g/mol. The lowest BCUT2D eigenvalue weighted by Gasteiger charge is -2.35. The van der Waals surface area contributed by atoms with Gasteiger partial charge in [0.15, 0.2) is 0 Å². The second kappa shape index (κ2) is 8.06. The number of nitrogens with two attached hydrogens (primary N) is 1. The van der Waals surface area contributed by atoms with Crippen molar-refractivity contribution in [2.75, 3.05) is 48.3 Å². The number of aromatic nitrogens is 1. The number of likely N-dealkylation sites (N-methyl/N-ethyl adjacent to an activating group) is 1. The molecule has 148 valence electrons. The maximum atomic E-state index is 11.6. The highest BCUT2D eigenvalue weighted by Crippen LogP contribution is 2.29. The number of benzene rings is 1. The quantitative estimate of drug-likeness (QED) is 0.685. The summed E-state index contributed by atoms with van der Waals surface area (Å²) >= 11 is 0. The molecule has 4 N–H and O–H groups in total. The standard InChI is InChI=1S/C21H28N6O/c1-2-26-9-11-27(12-10-26)17-7-5-16(6-8-17)25-20-13-19(24-15-3-4-15)18(14-23-20)21(22)28/h5-8,13-15H,2-4,9-12H2,1H3,(H2,22,28)(H2,23,24,25). The Hall–Kier alpha value is -2.80. The molecule has 1 aliphatic heterocycles. The van der Waals surface area contributed by atoms with Gasteiger partial charge in [0.25, 0.3) is 5.91 Å². The third-order valence-electron chi connectivity index (χ3n) is 5.43. The first-order valence-corrected chi connectivity index (χ1v) is 10.0. The van der Waals surface area contributed by atoms with Crippen LogP contribution in [0.1, 0.15) is 30.1 Å². The highest BCUT2D eigenvalue weighted by atomic mass is 16.1. The van der Waals surface area contributed by atoms with Crippen molar-refractivity contribution >= 4 is 28.8 Å². The predicted molar refractivity (Wildman–Crippen MR) is 113 cm³/mol. The summed E-state index contributed by atoms with van der Waals surface area (Å²) in [6, 6.07) is 10.7. The van der Waals surface area contributed by atoms with Crippen molar-refractivity contribution < 1.29 is 4.79 Å². The predicted octanol–water partition coefficient (Wildman–Crippen LogP) is 2.64. The average Bonchev–Trinajstić information content (AvgIpc) is 3.53. The van der Waals surface area contributed by atoms with Crippen molar-refractivity contribution in [2.24, 2.45) is 5.73 Å². The van der Waals surface area contributed by atoms with E-state index in [9.17, 15) is 4.79 Å². The minimum Gasteiger partial charge on any atom is -0.382 e. The normalized spacial score (nSPS) is 17.4. The van der Waals surface area contributed by atoms with Crippen LogP contribution >= 0.6 is 0 Å². The molecule has 4 rings (SSSR count). The van der Waals surface area contributed by atoms with Crippen LogP contribution in [0.15, 0.2) is 36.5 Å². The lowest BCUT2D eigenvalue weighted by atomic mass is 10.2. The Morgan fingerprint density at radius 3 is 2.50 bits per heavy atom. The fourth-order valence-electron chi connectivity index (χ4n) is 3.51. The number of hydrogen-bond donors (Lipinski definition) is 3. The minimum atomic E-state index is -0.463. The minimum absolute atomic E-state index is 0.430. The topological polar surface area (TPSA) is 86.5 Å². The van der Waals surface area contributed by atoms with Crippen molar-refractivity contribution in [2.45, 2.75) is 25.8 Å². The smallest absolute Gasteiger partial charge is 0.252 e. The van der Waals surface area contributed by atoms with E-state index in [1.807, 2.05) is 6.07 Å². The van der Waals surface area contributed by atoms with Crippen molar-refractivity contribution in [1.82, 2.24) is 9.88 Å². The zero-order chi connectivity index (χ0) is 19.5. The molecule has 1 aromatic carbocycles. The molecule has 2 aliphatic rings. The number of carbonyl (C=O) groups excluding carboxylic acids is 1. The number of rotatable bonds is 7. The molecule has 1 aliphatic carbocycles. The van der Waals surface area contributed by atoms with E-state index < -0.39 is 5.91 Å². The van der Waals surface area contributed by atoms with Gasteiger partial charge in [0.05, 0.1) is 11.3 Å². The zero-order valence-corrected chi connectivity index (χ0v) is 16.3. The summed E-state index contributed by atoms with van der Waals surface area (Å²) < 4.78 is 0. The molecule has 0 atom stereocenters. The van der Waals surface area contributed by atoms with E-state index in [0.717, 1.165) is 56.9 Å². The van der Waals surface area contributed by atoms with Crippen LogP contribution in [0.25, 0.3) is 0 Å². The first kappa shape index (κ1) is 18.6. The Labute approximate surface area is 165 Å². The zero-order valence-electron chi connectivity index (χ0n) is 16.3. The molecule has 1 amide bonds. The molecule has 28 heavy (non-hydrogen) atoms. The largest absolute Gasteiger partial charge is 0.382 e. The lowest BCUT2D eigenvalue weighted by Crippen LogP contribution is -2.46. The molecule has 0 radical (unpaired) electrons. The van der Waals surface area contributed by atoms with Crippen molar-refractivity contribution in [3.8, 4) is 0 Å². The Morgan fingerprint density at radius 1 is 1.18 bits per heavy atom. The fraction of sp³-hybridized carbons (Fsp3) is 0.429. The number of amides is 1. The number of piperazine rings is 1. The van der Waals surface area contributed by atoms with Gasteiger partial charge in [-0.2, -0.15) is 0 Å². The summed E-state index contributed by atoms with van der Waals surface area (Å²) in [5.41, 5.74) is 8.86. The van der Waals surface area contributed by atoms with Crippen LogP contribution in [0, 0.1) is 0 Å². The van der Waals surface area contributed by atoms with E-state index in [1.54, 1.807) is 0 Å². The first-order valence-electron chi connectivity index (χ1n) is 10.0. The van der Waals surface area contributed by atoms with Gasteiger partial charge < -0.3 is 26.2 Å². The molecule has 1 aromatic heterocycles. The van der Waals surface area contributed by atoms with Crippen LogP contribution in [-0.2, 0) is 0 Å². The summed E-state index contributed by atoms with van der Waals surface area (Å²) in [7, 11) is 0. The van der Waals surface area contributed by atoms with E-state index in [0.29, 0.717) is 17.4 Å². The second-order valence-corrected chi connectivity index (χ2v) is 7.49. The van der Waals surface area contributed by atoms with E-state index >= 15 is 0 Å². The van der Waals surface area contributed by atoms with Gasteiger partial charge in [0.1, 0.15) is 5.82 Å². The van der Waals surface area contributed by atoms with E-state index in [1.165, 1.54) is 11.9 Å². The van der Waals surface area contributed by atoms with Gasteiger partial charge in [-0.05, 0) is 43.7 Å².